The van der Waals surface area contributed by atoms with Gasteiger partial charge in [0.1, 0.15) is 0 Å². The summed E-state index contributed by atoms with van der Waals surface area (Å²) in [6, 6.07) is 10.4. The number of nitrogens with zero attached hydrogens (tertiary/aromatic N) is 1. The van der Waals surface area contributed by atoms with E-state index in [1.54, 1.807) is 24.3 Å². The first kappa shape index (κ1) is 15.2. The van der Waals surface area contributed by atoms with E-state index in [0.717, 1.165) is 11.3 Å². The Kier molecular flexibility index (Phi) is 4.37. The average molecular weight is 310 g/mol. The van der Waals surface area contributed by atoms with Gasteiger partial charge in [-0.15, -0.1) is 0 Å². The summed E-state index contributed by atoms with van der Waals surface area (Å²) in [5, 5.41) is 2.85. The van der Waals surface area contributed by atoms with E-state index >= 15 is 0 Å². The number of benzene rings is 1. The van der Waals surface area contributed by atoms with Crippen LogP contribution in [-0.4, -0.2) is 24.0 Å². The number of hydrogen-bond donors (Lipinski definition) is 1. The molecule has 1 aromatic carbocycles. The molecule has 5 nitrogen and oxygen atoms in total. The van der Waals surface area contributed by atoms with E-state index in [9.17, 15) is 9.59 Å². The molecule has 2 aromatic rings. The van der Waals surface area contributed by atoms with Crippen LogP contribution in [0.2, 0.25) is 0 Å². The summed E-state index contributed by atoms with van der Waals surface area (Å²) >= 11 is 0. The summed E-state index contributed by atoms with van der Waals surface area (Å²) in [7, 11) is 1.32. The maximum Gasteiger partial charge on any atom is 0.337 e. The molecule has 1 fully saturated rings. The van der Waals surface area contributed by atoms with Crippen LogP contribution in [0, 0.1) is 0 Å². The van der Waals surface area contributed by atoms with Gasteiger partial charge in [0.05, 0.1) is 12.7 Å². The lowest BCUT2D eigenvalue weighted by atomic mass is 10.1. The zero-order valence-corrected chi connectivity index (χ0v) is 12.9. The third-order valence-corrected chi connectivity index (χ3v) is 3.86. The van der Waals surface area contributed by atoms with Crippen molar-refractivity contribution in [1.82, 2.24) is 10.3 Å². The molecule has 1 aromatic heterocycles. The van der Waals surface area contributed by atoms with Gasteiger partial charge >= 0.3 is 5.97 Å². The fraction of sp³-hybridized carbons (Fsp3) is 0.278. The zero-order valence-electron chi connectivity index (χ0n) is 12.9. The van der Waals surface area contributed by atoms with Crippen LogP contribution in [0.1, 0.15) is 50.7 Å². The second-order valence-corrected chi connectivity index (χ2v) is 5.62. The minimum Gasteiger partial charge on any atom is -0.465 e. The summed E-state index contributed by atoms with van der Waals surface area (Å²) in [6.07, 6.45) is 4.27. The van der Waals surface area contributed by atoms with E-state index in [4.69, 9.17) is 0 Å². The number of esters is 1. The monoisotopic (exact) mass is 310 g/mol. The first-order valence-corrected chi connectivity index (χ1v) is 7.59. The fourth-order valence-corrected chi connectivity index (χ4v) is 2.32. The first-order chi connectivity index (χ1) is 11.2. The molecule has 118 valence electrons. The highest BCUT2D eigenvalue weighted by Crippen LogP contribution is 2.38. The molecular formula is C18H18N2O3. The van der Waals surface area contributed by atoms with Gasteiger partial charge in [-0.25, -0.2) is 4.79 Å². The van der Waals surface area contributed by atoms with Crippen LogP contribution < -0.4 is 5.32 Å². The Morgan fingerprint density at radius 3 is 2.39 bits per heavy atom. The molecule has 5 heteroatoms. The van der Waals surface area contributed by atoms with Crippen molar-refractivity contribution < 1.29 is 14.3 Å². The minimum absolute atomic E-state index is 0.187. The number of methoxy groups -OCH3 is 1. The molecule has 0 atom stereocenters. The van der Waals surface area contributed by atoms with Crippen LogP contribution in [0.25, 0.3) is 0 Å². The van der Waals surface area contributed by atoms with E-state index in [1.165, 1.54) is 20.0 Å². The quantitative estimate of drug-likeness (QED) is 0.862. The number of pyridine rings is 1. The molecular weight excluding hydrogens is 292 g/mol. The summed E-state index contributed by atoms with van der Waals surface area (Å²) < 4.78 is 4.63. The van der Waals surface area contributed by atoms with Crippen LogP contribution in [0.3, 0.4) is 0 Å². The number of rotatable bonds is 5. The molecule has 23 heavy (non-hydrogen) atoms. The van der Waals surface area contributed by atoms with Gasteiger partial charge in [-0.1, -0.05) is 6.07 Å². The Hall–Kier alpha value is -2.69. The van der Waals surface area contributed by atoms with Crippen molar-refractivity contribution >= 4 is 11.9 Å². The molecule has 1 heterocycles. The van der Waals surface area contributed by atoms with E-state index in [2.05, 4.69) is 15.0 Å². The third-order valence-electron chi connectivity index (χ3n) is 3.86. The van der Waals surface area contributed by atoms with E-state index in [0.29, 0.717) is 23.6 Å². The number of hydrogen-bond acceptors (Lipinski definition) is 4. The van der Waals surface area contributed by atoms with Crippen LogP contribution in [0.4, 0.5) is 0 Å². The Morgan fingerprint density at radius 1 is 1.13 bits per heavy atom. The van der Waals surface area contributed by atoms with Gasteiger partial charge in [-0.2, -0.15) is 0 Å². The van der Waals surface area contributed by atoms with Gasteiger partial charge in [0.2, 0.25) is 0 Å². The molecule has 3 rings (SSSR count). The van der Waals surface area contributed by atoms with Crippen molar-refractivity contribution in [3.05, 3.63) is 65.0 Å². The molecule has 1 aliphatic rings. The van der Waals surface area contributed by atoms with E-state index < -0.39 is 5.97 Å². The van der Waals surface area contributed by atoms with E-state index in [1.807, 2.05) is 18.3 Å². The summed E-state index contributed by atoms with van der Waals surface area (Å²) in [6.45, 7) is 0.426. The molecule has 1 aliphatic carbocycles. The number of amides is 1. The molecule has 1 amide bonds. The highest BCUT2D eigenvalue weighted by Gasteiger charge is 2.24. The number of ether oxygens (including phenoxy) is 1. The largest absolute Gasteiger partial charge is 0.465 e. The Labute approximate surface area is 134 Å². The topological polar surface area (TPSA) is 68.3 Å². The van der Waals surface area contributed by atoms with Gasteiger partial charge in [0, 0.05) is 29.9 Å². The maximum atomic E-state index is 12.1. The van der Waals surface area contributed by atoms with Gasteiger partial charge < -0.3 is 10.1 Å². The highest BCUT2D eigenvalue weighted by molar-refractivity contribution is 5.96. The number of carbonyl (C=O) groups excluding carboxylic acids is 2. The standard InChI is InChI=1S/C18H18N2O3/c1-23-18(22)15-7-5-14(6-8-15)17(21)20-11-12-2-9-16(19-10-12)13-3-4-13/h2,5-10,13H,3-4,11H2,1H3,(H,20,21). The van der Waals surface area contributed by atoms with Gasteiger partial charge in [0.15, 0.2) is 0 Å². The molecule has 0 bridgehead atoms. The first-order valence-electron chi connectivity index (χ1n) is 7.59. The van der Waals surface area contributed by atoms with Crippen molar-refractivity contribution in [2.24, 2.45) is 0 Å². The molecule has 0 aliphatic heterocycles. The predicted molar refractivity (Wildman–Crippen MR) is 85.2 cm³/mol. The zero-order chi connectivity index (χ0) is 16.2. The van der Waals surface area contributed by atoms with Crippen molar-refractivity contribution in [1.29, 1.82) is 0 Å². The van der Waals surface area contributed by atoms with E-state index in [-0.39, 0.29) is 5.91 Å². The summed E-state index contributed by atoms with van der Waals surface area (Å²) in [5.41, 5.74) is 3.02. The highest BCUT2D eigenvalue weighted by atomic mass is 16.5. The predicted octanol–water partition coefficient (Wildman–Crippen LogP) is 2.68. The normalized spacial score (nSPS) is 13.4. The second-order valence-electron chi connectivity index (χ2n) is 5.62. The molecule has 0 spiro atoms. The van der Waals surface area contributed by atoms with Crippen LogP contribution in [-0.2, 0) is 11.3 Å². The Morgan fingerprint density at radius 2 is 1.83 bits per heavy atom. The number of aromatic nitrogens is 1. The third kappa shape index (κ3) is 3.74. The minimum atomic E-state index is -0.418. The maximum absolute atomic E-state index is 12.1. The molecule has 0 radical (unpaired) electrons. The van der Waals surface area contributed by atoms with Gasteiger partial charge in [-0.05, 0) is 48.7 Å². The van der Waals surface area contributed by atoms with Crippen molar-refractivity contribution in [2.45, 2.75) is 25.3 Å². The lowest BCUT2D eigenvalue weighted by Gasteiger charge is -2.06. The van der Waals surface area contributed by atoms with Crippen LogP contribution in [0.15, 0.2) is 42.6 Å². The Bertz CT molecular complexity index is 704. The van der Waals surface area contributed by atoms with Gasteiger partial charge in [0.25, 0.3) is 5.91 Å². The lowest BCUT2D eigenvalue weighted by Crippen LogP contribution is -2.22. The van der Waals surface area contributed by atoms with Crippen LogP contribution in [0.5, 0.6) is 0 Å². The van der Waals surface area contributed by atoms with Gasteiger partial charge in [-0.3, -0.25) is 9.78 Å². The summed E-state index contributed by atoms with van der Waals surface area (Å²) in [5.74, 6) is 0.0263. The fourth-order valence-electron chi connectivity index (χ4n) is 2.32. The second kappa shape index (κ2) is 6.60. The number of nitrogens with one attached hydrogen (secondary N) is 1. The smallest absolute Gasteiger partial charge is 0.337 e. The lowest BCUT2D eigenvalue weighted by molar-refractivity contribution is 0.0600. The molecule has 1 N–H and O–H groups in total. The SMILES string of the molecule is COC(=O)c1ccc(C(=O)NCc2ccc(C3CC3)nc2)cc1. The van der Waals surface area contributed by atoms with Crippen molar-refractivity contribution in [3.8, 4) is 0 Å². The van der Waals surface area contributed by atoms with Crippen molar-refractivity contribution in [2.75, 3.05) is 7.11 Å². The molecule has 0 saturated heterocycles. The number of carbonyl (C=O) groups is 2. The van der Waals surface area contributed by atoms with Crippen molar-refractivity contribution in [3.63, 3.8) is 0 Å². The summed E-state index contributed by atoms with van der Waals surface area (Å²) in [4.78, 5) is 27.9. The average Bonchev–Trinajstić information content (AvgIpc) is 3.44. The van der Waals surface area contributed by atoms with Crippen LogP contribution >= 0.6 is 0 Å². The molecule has 1 saturated carbocycles. The Balaban J connectivity index is 1.57. The molecule has 0 unspecified atom stereocenters.